The minimum Gasteiger partial charge on any atom is -0.379 e. The van der Waals surface area contributed by atoms with E-state index in [1.165, 1.54) is 19.3 Å². The van der Waals surface area contributed by atoms with E-state index in [1.807, 2.05) is 18.2 Å². The lowest BCUT2D eigenvalue weighted by molar-refractivity contribution is 0.00408. The summed E-state index contributed by atoms with van der Waals surface area (Å²) in [7, 11) is 0. The molecular formula is C20H23N5O. The van der Waals surface area contributed by atoms with Crippen molar-refractivity contribution in [2.75, 3.05) is 31.6 Å². The summed E-state index contributed by atoms with van der Waals surface area (Å²) in [4.78, 5) is 11.5. The predicted molar refractivity (Wildman–Crippen MR) is 98.7 cm³/mol. The smallest absolute Gasteiger partial charge is 0.137 e. The van der Waals surface area contributed by atoms with Crippen molar-refractivity contribution in [2.24, 2.45) is 11.8 Å². The standard InChI is InChI=1S/C20H23N5O/c21-11-13-1-2-17-16(9-13)20(23-12-22-17)24-18-3-4-19(15-10-14(15)18)25-5-7-26-8-6-25/h1-2,9,12,14-15,18-19H,3-8,10H2,(H,22,23,24). The highest BCUT2D eigenvalue weighted by Crippen LogP contribution is 2.52. The number of ether oxygens (including phenoxy) is 1. The molecule has 2 heterocycles. The summed E-state index contributed by atoms with van der Waals surface area (Å²) in [6.45, 7) is 3.92. The second kappa shape index (κ2) is 6.49. The van der Waals surface area contributed by atoms with Gasteiger partial charge < -0.3 is 10.1 Å². The van der Waals surface area contributed by atoms with Crippen molar-refractivity contribution in [3.63, 3.8) is 0 Å². The number of morpholine rings is 1. The van der Waals surface area contributed by atoms with Gasteiger partial charge in [-0.1, -0.05) is 0 Å². The Kier molecular flexibility index (Phi) is 3.99. The van der Waals surface area contributed by atoms with Crippen molar-refractivity contribution >= 4 is 16.7 Å². The molecule has 2 aromatic rings. The van der Waals surface area contributed by atoms with Crippen LogP contribution in [0, 0.1) is 23.2 Å². The van der Waals surface area contributed by atoms with Crippen LogP contribution in [-0.4, -0.2) is 53.3 Å². The van der Waals surface area contributed by atoms with Crippen LogP contribution < -0.4 is 5.32 Å². The minimum absolute atomic E-state index is 0.473. The van der Waals surface area contributed by atoms with Gasteiger partial charge in [0.25, 0.3) is 0 Å². The maximum atomic E-state index is 9.19. The van der Waals surface area contributed by atoms with E-state index in [0.717, 1.165) is 60.9 Å². The Hall–Kier alpha value is -2.23. The van der Waals surface area contributed by atoms with Crippen LogP contribution in [-0.2, 0) is 4.74 Å². The van der Waals surface area contributed by atoms with Crippen molar-refractivity contribution in [2.45, 2.75) is 31.3 Å². The van der Waals surface area contributed by atoms with E-state index in [1.54, 1.807) is 6.33 Å². The maximum Gasteiger partial charge on any atom is 0.137 e. The zero-order chi connectivity index (χ0) is 17.5. The summed E-state index contributed by atoms with van der Waals surface area (Å²) in [5.41, 5.74) is 1.53. The van der Waals surface area contributed by atoms with Crippen molar-refractivity contribution in [1.82, 2.24) is 14.9 Å². The van der Waals surface area contributed by atoms with E-state index in [-0.39, 0.29) is 0 Å². The molecule has 4 atom stereocenters. The molecule has 1 aromatic heterocycles. The van der Waals surface area contributed by atoms with Gasteiger partial charge >= 0.3 is 0 Å². The second-order valence-corrected chi connectivity index (χ2v) is 7.67. The van der Waals surface area contributed by atoms with E-state index in [2.05, 4.69) is 26.3 Å². The summed E-state index contributed by atoms with van der Waals surface area (Å²) in [5, 5.41) is 13.8. The number of fused-ring (bicyclic) bond motifs is 2. The normalized spacial score (nSPS) is 31.2. The molecule has 0 spiro atoms. The van der Waals surface area contributed by atoms with Gasteiger partial charge in [-0.2, -0.15) is 5.26 Å². The zero-order valence-corrected chi connectivity index (χ0v) is 14.8. The number of anilines is 1. The highest BCUT2D eigenvalue weighted by atomic mass is 16.5. The Labute approximate surface area is 153 Å². The average molecular weight is 349 g/mol. The third kappa shape index (κ3) is 2.81. The first kappa shape index (κ1) is 16.0. The van der Waals surface area contributed by atoms with Crippen LogP contribution in [0.2, 0.25) is 0 Å². The molecule has 1 aliphatic heterocycles. The third-order valence-electron chi connectivity index (χ3n) is 6.28. The highest BCUT2D eigenvalue weighted by molar-refractivity contribution is 5.89. The van der Waals surface area contributed by atoms with E-state index >= 15 is 0 Å². The fourth-order valence-corrected chi connectivity index (χ4v) is 4.88. The lowest BCUT2D eigenvalue weighted by Crippen LogP contribution is -2.47. The number of aromatic nitrogens is 2. The summed E-state index contributed by atoms with van der Waals surface area (Å²) in [6.07, 6.45) is 5.34. The molecule has 5 rings (SSSR count). The molecule has 0 radical (unpaired) electrons. The van der Waals surface area contributed by atoms with Gasteiger partial charge in [0.1, 0.15) is 12.1 Å². The first-order valence-electron chi connectivity index (χ1n) is 9.56. The lowest BCUT2D eigenvalue weighted by atomic mass is 9.90. The Morgan fingerprint density at radius 1 is 1.15 bits per heavy atom. The minimum atomic E-state index is 0.473. The molecule has 2 saturated carbocycles. The molecule has 3 fully saturated rings. The number of rotatable bonds is 3. The summed E-state index contributed by atoms with van der Waals surface area (Å²) < 4.78 is 5.51. The van der Waals surface area contributed by atoms with Gasteiger partial charge in [0.05, 0.1) is 30.4 Å². The van der Waals surface area contributed by atoms with Gasteiger partial charge in [0, 0.05) is 30.6 Å². The van der Waals surface area contributed by atoms with Crippen molar-refractivity contribution in [3.05, 3.63) is 30.1 Å². The molecule has 6 heteroatoms. The number of benzene rings is 1. The van der Waals surface area contributed by atoms with Crippen LogP contribution >= 0.6 is 0 Å². The quantitative estimate of drug-likeness (QED) is 0.917. The van der Waals surface area contributed by atoms with Gasteiger partial charge in [-0.25, -0.2) is 9.97 Å². The molecule has 1 aromatic carbocycles. The van der Waals surface area contributed by atoms with Crippen LogP contribution in [0.3, 0.4) is 0 Å². The second-order valence-electron chi connectivity index (χ2n) is 7.67. The van der Waals surface area contributed by atoms with E-state index in [9.17, 15) is 5.26 Å². The first-order valence-corrected chi connectivity index (χ1v) is 9.56. The van der Waals surface area contributed by atoms with Gasteiger partial charge in [0.15, 0.2) is 0 Å². The van der Waals surface area contributed by atoms with Crippen LogP contribution in [0.15, 0.2) is 24.5 Å². The highest BCUT2D eigenvalue weighted by Gasteiger charge is 2.52. The summed E-state index contributed by atoms with van der Waals surface area (Å²) >= 11 is 0. The van der Waals surface area contributed by atoms with E-state index in [0.29, 0.717) is 11.6 Å². The van der Waals surface area contributed by atoms with Crippen molar-refractivity contribution in [3.8, 4) is 6.07 Å². The molecule has 4 unspecified atom stereocenters. The molecule has 0 amide bonds. The van der Waals surface area contributed by atoms with Gasteiger partial charge in [-0.3, -0.25) is 4.90 Å². The molecule has 134 valence electrons. The van der Waals surface area contributed by atoms with E-state index < -0.39 is 0 Å². The molecule has 1 saturated heterocycles. The molecular weight excluding hydrogens is 326 g/mol. The third-order valence-corrected chi connectivity index (χ3v) is 6.28. The topological polar surface area (TPSA) is 74.1 Å². The molecule has 2 aliphatic carbocycles. The monoisotopic (exact) mass is 349 g/mol. The summed E-state index contributed by atoms with van der Waals surface area (Å²) in [5.74, 6) is 2.41. The summed E-state index contributed by atoms with van der Waals surface area (Å²) in [6, 6.07) is 9.01. The van der Waals surface area contributed by atoms with Crippen LogP contribution in [0.1, 0.15) is 24.8 Å². The van der Waals surface area contributed by atoms with Gasteiger partial charge in [0.2, 0.25) is 0 Å². The fraction of sp³-hybridized carbons (Fsp3) is 0.550. The Bertz CT molecular complexity index is 857. The van der Waals surface area contributed by atoms with Crippen molar-refractivity contribution in [1.29, 1.82) is 5.26 Å². The number of hydrogen-bond acceptors (Lipinski definition) is 6. The van der Waals surface area contributed by atoms with Gasteiger partial charge in [-0.15, -0.1) is 0 Å². The van der Waals surface area contributed by atoms with Crippen LogP contribution in [0.4, 0.5) is 5.82 Å². The largest absolute Gasteiger partial charge is 0.379 e. The SMILES string of the molecule is N#Cc1ccc2ncnc(NC3CCC(N4CCOCC4)C4CC34)c2c1. The molecule has 6 nitrogen and oxygen atoms in total. The lowest BCUT2D eigenvalue weighted by Gasteiger charge is -2.38. The zero-order valence-electron chi connectivity index (χ0n) is 14.8. The number of nitrogens with one attached hydrogen (secondary N) is 1. The number of nitriles is 1. The first-order chi connectivity index (χ1) is 12.8. The Morgan fingerprint density at radius 3 is 2.88 bits per heavy atom. The van der Waals surface area contributed by atoms with Crippen LogP contribution in [0.25, 0.3) is 10.9 Å². The van der Waals surface area contributed by atoms with Gasteiger partial charge in [-0.05, 0) is 49.3 Å². The molecule has 3 aliphatic rings. The Morgan fingerprint density at radius 2 is 2.04 bits per heavy atom. The predicted octanol–water partition coefficient (Wildman–Crippen LogP) is 2.41. The van der Waals surface area contributed by atoms with Crippen molar-refractivity contribution < 1.29 is 4.74 Å². The fourth-order valence-electron chi connectivity index (χ4n) is 4.88. The number of nitrogens with zero attached hydrogens (tertiary/aromatic N) is 4. The molecule has 0 bridgehead atoms. The van der Waals surface area contributed by atoms with Crippen LogP contribution in [0.5, 0.6) is 0 Å². The molecule has 1 N–H and O–H groups in total. The Balaban J connectivity index is 1.33. The molecule has 26 heavy (non-hydrogen) atoms. The average Bonchev–Trinajstić information content (AvgIpc) is 3.50. The van der Waals surface area contributed by atoms with E-state index in [4.69, 9.17) is 4.74 Å². The number of hydrogen-bond donors (Lipinski definition) is 1. The maximum absolute atomic E-state index is 9.19.